The van der Waals surface area contributed by atoms with Crippen LogP contribution < -0.4 is 10.5 Å². The van der Waals surface area contributed by atoms with E-state index in [0.29, 0.717) is 6.42 Å². The molecule has 1 saturated carbocycles. The van der Waals surface area contributed by atoms with E-state index in [1.54, 1.807) is 0 Å². The molecule has 0 saturated heterocycles. The molecule has 5 nitrogen and oxygen atoms in total. The Bertz CT molecular complexity index is 624. The zero-order valence-electron chi connectivity index (χ0n) is 11.4. The maximum atomic E-state index is 13.3. The van der Waals surface area contributed by atoms with E-state index in [1.165, 1.54) is 0 Å². The molecule has 4 N–H and O–H groups in total. The zero-order chi connectivity index (χ0) is 15.6. The first-order valence-corrected chi connectivity index (χ1v) is 8.59. The Labute approximate surface area is 128 Å². The van der Waals surface area contributed by atoms with E-state index >= 15 is 0 Å². The average Bonchev–Trinajstić information content (AvgIpc) is 2.43. The maximum Gasteiger partial charge on any atom is 0.242 e. The second-order valence-electron chi connectivity index (χ2n) is 5.26. The Balaban J connectivity index is 2.28. The van der Waals surface area contributed by atoms with Crippen molar-refractivity contribution in [3.05, 3.63) is 23.0 Å². The number of anilines is 1. The van der Waals surface area contributed by atoms with Crippen LogP contribution >= 0.6 is 11.6 Å². The van der Waals surface area contributed by atoms with E-state index < -0.39 is 15.8 Å². The quantitative estimate of drug-likeness (QED) is 0.732. The fourth-order valence-electron chi connectivity index (χ4n) is 2.59. The Hall–Kier alpha value is -0.890. The van der Waals surface area contributed by atoms with Crippen molar-refractivity contribution in [2.45, 2.75) is 36.6 Å². The zero-order valence-corrected chi connectivity index (χ0v) is 12.9. The van der Waals surface area contributed by atoms with Gasteiger partial charge in [-0.1, -0.05) is 24.4 Å². The number of benzene rings is 1. The Morgan fingerprint density at radius 1 is 1.38 bits per heavy atom. The van der Waals surface area contributed by atoms with Gasteiger partial charge in [0.1, 0.15) is 10.7 Å². The number of hydrogen-bond acceptors (Lipinski definition) is 4. The van der Waals surface area contributed by atoms with E-state index in [1.807, 2.05) is 0 Å². The van der Waals surface area contributed by atoms with E-state index in [-0.39, 0.29) is 34.2 Å². The molecular formula is C13H18ClFN2O3S. The molecule has 2 rings (SSSR count). The molecule has 118 valence electrons. The summed E-state index contributed by atoms with van der Waals surface area (Å²) in [6, 6.07) is 1.54. The smallest absolute Gasteiger partial charge is 0.242 e. The predicted octanol–water partition coefficient (Wildman–Crippen LogP) is 1.89. The van der Waals surface area contributed by atoms with Crippen LogP contribution in [-0.4, -0.2) is 26.2 Å². The SMILES string of the molecule is Nc1cc(S(=O)(=O)NC2CCCCC2CO)c(Cl)cc1F. The molecule has 2 atom stereocenters. The summed E-state index contributed by atoms with van der Waals surface area (Å²) in [5, 5.41) is 9.12. The predicted molar refractivity (Wildman–Crippen MR) is 79.0 cm³/mol. The molecule has 0 aromatic heterocycles. The summed E-state index contributed by atoms with van der Waals surface area (Å²) in [7, 11) is -3.91. The van der Waals surface area contributed by atoms with Gasteiger partial charge in [0.05, 0.1) is 10.7 Å². The third kappa shape index (κ3) is 3.66. The number of aliphatic hydroxyl groups is 1. The van der Waals surface area contributed by atoms with Crippen molar-refractivity contribution in [2.75, 3.05) is 12.3 Å². The molecule has 0 spiro atoms. The van der Waals surface area contributed by atoms with Crippen LogP contribution in [0.5, 0.6) is 0 Å². The third-order valence-corrected chi connectivity index (χ3v) is 5.75. The summed E-state index contributed by atoms with van der Waals surface area (Å²) in [6.07, 6.45) is 3.28. The Kier molecular flexibility index (Phi) is 5.08. The molecular weight excluding hydrogens is 319 g/mol. The first kappa shape index (κ1) is 16.5. The van der Waals surface area contributed by atoms with Crippen LogP contribution in [0.25, 0.3) is 0 Å². The molecule has 1 aliphatic carbocycles. The number of nitrogens with two attached hydrogens (primary N) is 1. The van der Waals surface area contributed by atoms with Crippen molar-refractivity contribution >= 4 is 27.3 Å². The molecule has 8 heteroatoms. The van der Waals surface area contributed by atoms with Crippen molar-refractivity contribution in [1.82, 2.24) is 4.72 Å². The number of rotatable bonds is 4. The van der Waals surface area contributed by atoms with Crippen LogP contribution in [0.15, 0.2) is 17.0 Å². The second kappa shape index (κ2) is 6.48. The number of halogens is 2. The van der Waals surface area contributed by atoms with Crippen LogP contribution in [0.1, 0.15) is 25.7 Å². The molecule has 0 heterocycles. The number of hydrogen-bond donors (Lipinski definition) is 3. The minimum atomic E-state index is -3.91. The average molecular weight is 337 g/mol. The minimum Gasteiger partial charge on any atom is -0.396 e. The van der Waals surface area contributed by atoms with Crippen LogP contribution in [0, 0.1) is 11.7 Å². The molecule has 0 radical (unpaired) electrons. The van der Waals surface area contributed by atoms with E-state index in [9.17, 15) is 17.9 Å². The van der Waals surface area contributed by atoms with Crippen molar-refractivity contribution in [1.29, 1.82) is 0 Å². The normalized spacial score (nSPS) is 23.2. The van der Waals surface area contributed by atoms with Gasteiger partial charge in [-0.15, -0.1) is 0 Å². The van der Waals surface area contributed by atoms with Gasteiger partial charge in [0, 0.05) is 12.6 Å². The largest absolute Gasteiger partial charge is 0.396 e. The van der Waals surface area contributed by atoms with Crippen LogP contribution in [0.4, 0.5) is 10.1 Å². The molecule has 1 aromatic carbocycles. The summed E-state index contributed by atoms with van der Waals surface area (Å²) < 4.78 is 40.6. The van der Waals surface area contributed by atoms with Crippen LogP contribution in [0.3, 0.4) is 0 Å². The second-order valence-corrected chi connectivity index (χ2v) is 7.35. The lowest BCUT2D eigenvalue weighted by atomic mass is 9.86. The van der Waals surface area contributed by atoms with Crippen LogP contribution in [0.2, 0.25) is 5.02 Å². The topological polar surface area (TPSA) is 92.4 Å². The molecule has 0 amide bonds. The van der Waals surface area contributed by atoms with Gasteiger partial charge >= 0.3 is 0 Å². The standard InChI is InChI=1S/C13H18ClFN2O3S/c14-9-5-10(15)11(16)6-13(9)21(19,20)17-12-4-2-1-3-8(12)7-18/h5-6,8,12,17-18H,1-4,7,16H2. The highest BCUT2D eigenvalue weighted by molar-refractivity contribution is 7.89. The van der Waals surface area contributed by atoms with E-state index in [0.717, 1.165) is 31.4 Å². The Morgan fingerprint density at radius 3 is 2.71 bits per heavy atom. The van der Waals surface area contributed by atoms with Gasteiger partial charge in [0.25, 0.3) is 0 Å². The number of aliphatic hydroxyl groups excluding tert-OH is 1. The number of nitrogen functional groups attached to an aromatic ring is 1. The minimum absolute atomic E-state index is 0.0769. The first-order valence-electron chi connectivity index (χ1n) is 6.73. The molecule has 1 aromatic rings. The van der Waals surface area contributed by atoms with Gasteiger partial charge in [-0.25, -0.2) is 17.5 Å². The summed E-state index contributed by atoms with van der Waals surface area (Å²) in [4.78, 5) is -0.245. The molecule has 1 fully saturated rings. The van der Waals surface area contributed by atoms with Crippen LogP contribution in [-0.2, 0) is 10.0 Å². The molecule has 2 unspecified atom stereocenters. The first-order chi connectivity index (χ1) is 9.85. The highest BCUT2D eigenvalue weighted by atomic mass is 35.5. The van der Waals surface area contributed by atoms with Gasteiger partial charge < -0.3 is 10.8 Å². The van der Waals surface area contributed by atoms with Crippen molar-refractivity contribution in [2.24, 2.45) is 5.92 Å². The molecule has 1 aliphatic rings. The monoisotopic (exact) mass is 336 g/mol. The molecule has 21 heavy (non-hydrogen) atoms. The van der Waals surface area contributed by atoms with E-state index in [4.69, 9.17) is 17.3 Å². The summed E-state index contributed by atoms with van der Waals surface area (Å²) >= 11 is 5.81. The van der Waals surface area contributed by atoms with Gasteiger partial charge in [0.15, 0.2) is 0 Å². The van der Waals surface area contributed by atoms with Crippen molar-refractivity contribution in [3.63, 3.8) is 0 Å². The summed E-state index contributed by atoms with van der Waals surface area (Å²) in [6.45, 7) is -0.0769. The lowest BCUT2D eigenvalue weighted by Gasteiger charge is -2.30. The number of nitrogens with one attached hydrogen (secondary N) is 1. The fraction of sp³-hybridized carbons (Fsp3) is 0.538. The molecule has 0 bridgehead atoms. The summed E-state index contributed by atoms with van der Waals surface area (Å²) in [5.74, 6) is -0.880. The Morgan fingerprint density at radius 2 is 2.05 bits per heavy atom. The third-order valence-electron chi connectivity index (χ3n) is 3.79. The van der Waals surface area contributed by atoms with Gasteiger partial charge in [-0.2, -0.15) is 0 Å². The highest BCUT2D eigenvalue weighted by Gasteiger charge is 2.30. The van der Waals surface area contributed by atoms with E-state index in [2.05, 4.69) is 4.72 Å². The fourth-order valence-corrected chi connectivity index (χ4v) is 4.48. The van der Waals surface area contributed by atoms with Gasteiger partial charge in [-0.3, -0.25) is 0 Å². The maximum absolute atomic E-state index is 13.3. The van der Waals surface area contributed by atoms with Gasteiger partial charge in [0.2, 0.25) is 10.0 Å². The van der Waals surface area contributed by atoms with Gasteiger partial charge in [-0.05, 0) is 30.9 Å². The molecule has 0 aliphatic heterocycles. The van der Waals surface area contributed by atoms with Crippen molar-refractivity contribution < 1.29 is 17.9 Å². The highest BCUT2D eigenvalue weighted by Crippen LogP contribution is 2.29. The lowest BCUT2D eigenvalue weighted by molar-refractivity contribution is 0.164. The number of sulfonamides is 1. The summed E-state index contributed by atoms with van der Waals surface area (Å²) in [5.41, 5.74) is 5.13. The lowest BCUT2D eigenvalue weighted by Crippen LogP contribution is -2.43. The van der Waals surface area contributed by atoms with Crippen molar-refractivity contribution in [3.8, 4) is 0 Å².